The Kier molecular flexibility index (Phi) is 6.63. The number of ether oxygens (including phenoxy) is 1. The molecule has 8 rings (SSSR count). The molecule has 1 saturated carbocycles. The number of nitrogens with zero attached hydrogens (tertiary/aromatic N) is 4. The molecule has 3 N–H and O–H groups in total. The van der Waals surface area contributed by atoms with Gasteiger partial charge in [0.05, 0.1) is 11.1 Å². The predicted octanol–water partition coefficient (Wildman–Crippen LogP) is 5.54. The number of hydrogen-bond acceptors (Lipinski definition) is 7. The lowest BCUT2D eigenvalue weighted by Crippen LogP contribution is -2.49. The molecular formula is C35H34F3N5O2. The highest BCUT2D eigenvalue weighted by molar-refractivity contribution is 6.04. The quantitative estimate of drug-likeness (QED) is 0.286. The van der Waals surface area contributed by atoms with Crippen LogP contribution in [0, 0.1) is 35.8 Å². The molecule has 10 heteroatoms. The number of aromatic nitrogens is 2. The van der Waals surface area contributed by atoms with Crippen LogP contribution in [0.5, 0.6) is 11.8 Å². The molecule has 45 heavy (non-hydrogen) atoms. The van der Waals surface area contributed by atoms with Crippen molar-refractivity contribution in [3.05, 3.63) is 53.6 Å². The molecule has 4 heterocycles. The molecule has 0 amide bonds. The van der Waals surface area contributed by atoms with Crippen LogP contribution in [-0.4, -0.2) is 70.5 Å². The molecule has 2 bridgehead atoms. The monoisotopic (exact) mass is 613 g/mol. The second-order valence-electron chi connectivity index (χ2n) is 13.3. The van der Waals surface area contributed by atoms with E-state index in [4.69, 9.17) is 21.9 Å². The van der Waals surface area contributed by atoms with Crippen molar-refractivity contribution < 1.29 is 23.0 Å². The Morgan fingerprint density at radius 1 is 1.07 bits per heavy atom. The SMILES string of the molecule is C#Cc1c(F)ccc2cc(O)cc(-c3ccc4c(N5C[C@H]6CC[C@@H](C5)C6N)nc(OC[C@@]56CCCN5C[C@H](F)C6)nc4c3F)c12. The number of piperidine rings is 1. The summed E-state index contributed by atoms with van der Waals surface area (Å²) >= 11 is 0. The Labute approximate surface area is 259 Å². The molecule has 7 nitrogen and oxygen atoms in total. The van der Waals surface area contributed by atoms with Crippen molar-refractivity contribution in [2.45, 2.75) is 49.9 Å². The van der Waals surface area contributed by atoms with Crippen molar-refractivity contribution in [2.24, 2.45) is 17.6 Å². The first kappa shape index (κ1) is 28.4. The second kappa shape index (κ2) is 10.5. The van der Waals surface area contributed by atoms with Gasteiger partial charge in [0, 0.05) is 48.4 Å². The zero-order valence-electron chi connectivity index (χ0n) is 24.8. The van der Waals surface area contributed by atoms with E-state index in [1.165, 1.54) is 24.3 Å². The van der Waals surface area contributed by atoms with Crippen LogP contribution in [0.4, 0.5) is 19.0 Å². The highest BCUT2D eigenvalue weighted by Crippen LogP contribution is 2.44. The van der Waals surface area contributed by atoms with E-state index >= 15 is 4.39 Å². The molecule has 3 aromatic carbocycles. The first-order chi connectivity index (χ1) is 21.7. The number of halogens is 3. The molecule has 0 radical (unpaired) electrons. The van der Waals surface area contributed by atoms with Gasteiger partial charge in [-0.1, -0.05) is 18.1 Å². The molecule has 232 valence electrons. The van der Waals surface area contributed by atoms with Crippen LogP contribution in [0.1, 0.15) is 37.7 Å². The minimum atomic E-state index is -0.912. The van der Waals surface area contributed by atoms with Gasteiger partial charge in [0.2, 0.25) is 0 Å². The van der Waals surface area contributed by atoms with E-state index in [0.717, 1.165) is 32.2 Å². The first-order valence-electron chi connectivity index (χ1n) is 15.7. The number of fused-ring (bicyclic) bond motifs is 5. The summed E-state index contributed by atoms with van der Waals surface area (Å²) in [5.41, 5.74) is 6.47. The summed E-state index contributed by atoms with van der Waals surface area (Å²) in [5, 5.41) is 11.9. The fraction of sp³-hybridized carbons (Fsp3) is 0.429. The molecule has 1 aliphatic carbocycles. The van der Waals surface area contributed by atoms with Crippen LogP contribution >= 0.6 is 0 Å². The Morgan fingerprint density at radius 2 is 1.87 bits per heavy atom. The van der Waals surface area contributed by atoms with E-state index in [-0.39, 0.29) is 46.6 Å². The van der Waals surface area contributed by atoms with Gasteiger partial charge in [-0.3, -0.25) is 4.90 Å². The van der Waals surface area contributed by atoms with Crippen LogP contribution in [0.3, 0.4) is 0 Å². The van der Waals surface area contributed by atoms with Crippen LogP contribution in [-0.2, 0) is 0 Å². The van der Waals surface area contributed by atoms with E-state index in [9.17, 15) is 13.9 Å². The second-order valence-corrected chi connectivity index (χ2v) is 13.3. The molecule has 1 unspecified atom stereocenters. The lowest BCUT2D eigenvalue weighted by atomic mass is 9.92. The van der Waals surface area contributed by atoms with Crippen LogP contribution in [0.2, 0.25) is 0 Å². The number of terminal acetylenes is 1. The summed E-state index contributed by atoms with van der Waals surface area (Å²) in [6.45, 7) is 2.80. The maximum atomic E-state index is 16.8. The average Bonchev–Trinajstić information content (AvgIpc) is 3.60. The molecular weight excluding hydrogens is 579 g/mol. The lowest BCUT2D eigenvalue weighted by molar-refractivity contribution is 0.107. The van der Waals surface area contributed by atoms with Gasteiger partial charge in [-0.15, -0.1) is 6.42 Å². The smallest absolute Gasteiger partial charge is 0.319 e. The highest BCUT2D eigenvalue weighted by atomic mass is 19.1. The van der Waals surface area contributed by atoms with Crippen molar-refractivity contribution >= 4 is 27.5 Å². The van der Waals surface area contributed by atoms with Gasteiger partial charge in [0.25, 0.3) is 0 Å². The van der Waals surface area contributed by atoms with Gasteiger partial charge in [0.15, 0.2) is 5.82 Å². The summed E-state index contributed by atoms with van der Waals surface area (Å²) in [6.07, 6.45) is 9.03. The number of anilines is 1. The van der Waals surface area contributed by atoms with Gasteiger partial charge in [-0.05, 0) is 79.3 Å². The Morgan fingerprint density at radius 3 is 2.64 bits per heavy atom. The molecule has 3 saturated heterocycles. The first-order valence-corrected chi connectivity index (χ1v) is 15.7. The molecule has 5 atom stereocenters. The molecule has 4 aliphatic rings. The molecule has 1 aromatic heterocycles. The third-order valence-corrected chi connectivity index (χ3v) is 10.7. The summed E-state index contributed by atoms with van der Waals surface area (Å²) in [6, 6.07) is 9.11. The molecule has 0 spiro atoms. The number of hydrogen-bond donors (Lipinski definition) is 2. The minimum absolute atomic E-state index is 0.0161. The van der Waals surface area contributed by atoms with Crippen molar-refractivity contribution in [2.75, 3.05) is 37.7 Å². The van der Waals surface area contributed by atoms with Crippen LogP contribution < -0.4 is 15.4 Å². The maximum absolute atomic E-state index is 16.8. The van der Waals surface area contributed by atoms with Gasteiger partial charge in [-0.2, -0.15) is 9.97 Å². The van der Waals surface area contributed by atoms with Crippen molar-refractivity contribution in [3.8, 4) is 35.2 Å². The normalized spacial score (nSPS) is 27.8. The zero-order chi connectivity index (χ0) is 31.0. The Bertz CT molecular complexity index is 1880. The number of alkyl halides is 1. The molecule has 3 aliphatic heterocycles. The molecule has 4 aromatic rings. The van der Waals surface area contributed by atoms with Crippen molar-refractivity contribution in [3.63, 3.8) is 0 Å². The average molecular weight is 614 g/mol. The largest absolute Gasteiger partial charge is 0.508 e. The summed E-state index contributed by atoms with van der Waals surface area (Å²) < 4.78 is 52.4. The van der Waals surface area contributed by atoms with E-state index in [1.807, 2.05) is 0 Å². The van der Waals surface area contributed by atoms with E-state index < -0.39 is 23.3 Å². The van der Waals surface area contributed by atoms with E-state index in [2.05, 4.69) is 20.7 Å². The summed E-state index contributed by atoms with van der Waals surface area (Å²) in [7, 11) is 0. The van der Waals surface area contributed by atoms with E-state index in [1.54, 1.807) is 12.1 Å². The third kappa shape index (κ3) is 4.50. The maximum Gasteiger partial charge on any atom is 0.319 e. The number of rotatable bonds is 5. The van der Waals surface area contributed by atoms with Gasteiger partial charge in [0.1, 0.15) is 35.7 Å². The predicted molar refractivity (Wildman–Crippen MR) is 167 cm³/mol. The zero-order valence-corrected chi connectivity index (χ0v) is 24.8. The van der Waals surface area contributed by atoms with E-state index in [0.29, 0.717) is 59.9 Å². The fourth-order valence-corrected chi connectivity index (χ4v) is 8.50. The number of phenols is 1. The van der Waals surface area contributed by atoms with Crippen LogP contribution in [0.25, 0.3) is 32.8 Å². The number of nitrogens with two attached hydrogens (primary N) is 1. The number of phenolic OH excluding ortho intramolecular Hbond substituents is 1. The van der Waals surface area contributed by atoms with Gasteiger partial charge in [-0.25, -0.2) is 13.2 Å². The Balaban J connectivity index is 1.28. The molecule has 4 fully saturated rings. The Hall–Kier alpha value is -4.07. The van der Waals surface area contributed by atoms with Crippen molar-refractivity contribution in [1.29, 1.82) is 0 Å². The third-order valence-electron chi connectivity index (χ3n) is 10.7. The number of aromatic hydroxyl groups is 1. The highest BCUT2D eigenvalue weighted by Gasteiger charge is 2.49. The van der Waals surface area contributed by atoms with Crippen molar-refractivity contribution in [1.82, 2.24) is 14.9 Å². The van der Waals surface area contributed by atoms with Gasteiger partial charge < -0.3 is 20.5 Å². The van der Waals surface area contributed by atoms with Gasteiger partial charge >= 0.3 is 6.01 Å². The summed E-state index contributed by atoms with van der Waals surface area (Å²) in [4.78, 5) is 13.7. The lowest BCUT2D eigenvalue weighted by Gasteiger charge is -2.37. The fourth-order valence-electron chi connectivity index (χ4n) is 8.50. The minimum Gasteiger partial charge on any atom is -0.508 e. The number of benzene rings is 3. The summed E-state index contributed by atoms with van der Waals surface area (Å²) in [5.74, 6) is 2.19. The standard InChI is InChI=1S/C35H34F3N5O2/c1-2-24-28(37)9-6-19-12-23(44)13-27(29(19)24)25-7-8-26-32(30(25)38)40-34(45-18-35-10-3-11-43(35)17-22(36)14-35)41-33(26)42-15-20-4-5-21(16-42)31(20)39/h1,6-9,12-13,20-22,31,44H,3-5,10-11,14-18,39H2/t20-,21+,22-,31?,35+/m1/s1. The van der Waals surface area contributed by atoms with Crippen LogP contribution in [0.15, 0.2) is 36.4 Å². The topological polar surface area (TPSA) is 87.7 Å².